The van der Waals surface area contributed by atoms with Crippen LogP contribution in [0.5, 0.6) is 0 Å². The Balaban J connectivity index is 1.28. The van der Waals surface area contributed by atoms with Crippen molar-refractivity contribution in [3.63, 3.8) is 0 Å². The van der Waals surface area contributed by atoms with Crippen LogP contribution in [0.25, 0.3) is 11.4 Å². The molecule has 1 N–H and O–H groups in total. The van der Waals surface area contributed by atoms with Gasteiger partial charge in [0.25, 0.3) is 0 Å². The molecule has 6 nitrogen and oxygen atoms in total. The van der Waals surface area contributed by atoms with Gasteiger partial charge in [-0.1, -0.05) is 17.3 Å². The van der Waals surface area contributed by atoms with Gasteiger partial charge in [0, 0.05) is 41.3 Å². The van der Waals surface area contributed by atoms with Gasteiger partial charge >= 0.3 is 0 Å². The molecule has 0 radical (unpaired) electrons. The van der Waals surface area contributed by atoms with Crippen molar-refractivity contribution in [2.75, 3.05) is 5.32 Å². The highest BCUT2D eigenvalue weighted by Gasteiger charge is 2.12. The minimum Gasteiger partial charge on any atom is -0.339 e. The zero-order chi connectivity index (χ0) is 19.3. The maximum atomic E-state index is 13.0. The molecule has 4 aromatic rings. The van der Waals surface area contributed by atoms with E-state index in [9.17, 15) is 9.18 Å². The number of hydrogen-bond donors (Lipinski definition) is 1. The number of thiazole rings is 1. The Bertz CT molecular complexity index is 1060. The first-order valence-electron chi connectivity index (χ1n) is 8.50. The van der Waals surface area contributed by atoms with Crippen LogP contribution in [0.15, 0.2) is 51.8 Å². The molecule has 3 aromatic heterocycles. The largest absolute Gasteiger partial charge is 0.339 e. The number of nitrogens with zero attached hydrogens (tertiary/aromatic N) is 3. The van der Waals surface area contributed by atoms with Crippen LogP contribution in [0.4, 0.5) is 9.52 Å². The fourth-order valence-electron chi connectivity index (χ4n) is 2.52. The number of amides is 1. The highest BCUT2D eigenvalue weighted by atomic mass is 32.1. The summed E-state index contributed by atoms with van der Waals surface area (Å²) < 4.78 is 18.2. The van der Waals surface area contributed by atoms with E-state index in [0.717, 1.165) is 16.0 Å². The summed E-state index contributed by atoms with van der Waals surface area (Å²) in [5, 5.41) is 11.1. The fraction of sp³-hybridized carbons (Fsp3) is 0.158. The highest BCUT2D eigenvalue weighted by Crippen LogP contribution is 2.22. The molecule has 0 aliphatic carbocycles. The number of hydrogen-bond acceptors (Lipinski definition) is 7. The summed E-state index contributed by atoms with van der Waals surface area (Å²) in [5.41, 5.74) is 1.89. The Kier molecular flexibility index (Phi) is 5.54. The van der Waals surface area contributed by atoms with E-state index in [1.165, 1.54) is 23.5 Å². The standard InChI is InChI=1S/C19H15FN4O2S2/c20-14-3-1-12(2-4-14)9-15-10-21-19(28-15)22-16(25)5-6-17-23-18(24-26-17)13-7-8-27-11-13/h1-4,7-8,10-11H,5-6,9H2,(H,21,22,25). The zero-order valence-electron chi connectivity index (χ0n) is 14.6. The Morgan fingerprint density at radius 1 is 1.21 bits per heavy atom. The molecule has 0 saturated heterocycles. The molecule has 142 valence electrons. The molecular formula is C19H15FN4O2S2. The third-order valence-electron chi connectivity index (χ3n) is 3.90. The molecule has 0 unspecified atom stereocenters. The Labute approximate surface area is 168 Å². The quantitative estimate of drug-likeness (QED) is 0.480. The number of aryl methyl sites for hydroxylation is 1. The molecule has 1 amide bonds. The molecule has 28 heavy (non-hydrogen) atoms. The molecule has 9 heteroatoms. The van der Waals surface area contributed by atoms with Crippen LogP contribution in [-0.4, -0.2) is 21.0 Å². The number of anilines is 1. The van der Waals surface area contributed by atoms with Crippen molar-refractivity contribution in [2.24, 2.45) is 0 Å². The SMILES string of the molecule is O=C(CCc1nc(-c2ccsc2)no1)Nc1ncc(Cc2ccc(F)cc2)s1. The molecule has 4 rings (SSSR count). The number of carbonyl (C=O) groups is 1. The highest BCUT2D eigenvalue weighted by molar-refractivity contribution is 7.15. The van der Waals surface area contributed by atoms with E-state index in [0.29, 0.717) is 29.7 Å². The summed E-state index contributed by atoms with van der Waals surface area (Å²) in [6, 6.07) is 8.25. The molecule has 0 aliphatic heterocycles. The maximum absolute atomic E-state index is 13.0. The summed E-state index contributed by atoms with van der Waals surface area (Å²) in [6.45, 7) is 0. The predicted molar refractivity (Wildman–Crippen MR) is 106 cm³/mol. The summed E-state index contributed by atoms with van der Waals surface area (Å²) >= 11 is 2.96. The smallest absolute Gasteiger partial charge is 0.227 e. The minimum absolute atomic E-state index is 0.169. The van der Waals surface area contributed by atoms with Gasteiger partial charge in [0.15, 0.2) is 5.13 Å². The van der Waals surface area contributed by atoms with Crippen molar-refractivity contribution >= 4 is 33.7 Å². The van der Waals surface area contributed by atoms with Gasteiger partial charge in [-0.3, -0.25) is 4.79 Å². The molecule has 0 aliphatic rings. The second-order valence-corrected chi connectivity index (χ2v) is 7.90. The Morgan fingerprint density at radius 3 is 2.86 bits per heavy atom. The lowest BCUT2D eigenvalue weighted by Gasteiger charge is -1.99. The first-order valence-corrected chi connectivity index (χ1v) is 10.3. The second kappa shape index (κ2) is 8.41. The minimum atomic E-state index is -0.260. The van der Waals surface area contributed by atoms with Crippen LogP contribution in [-0.2, 0) is 17.6 Å². The van der Waals surface area contributed by atoms with Gasteiger partial charge in [-0.15, -0.1) is 11.3 Å². The van der Waals surface area contributed by atoms with Gasteiger partial charge < -0.3 is 9.84 Å². The monoisotopic (exact) mass is 414 g/mol. The lowest BCUT2D eigenvalue weighted by molar-refractivity contribution is -0.116. The van der Waals surface area contributed by atoms with Crippen molar-refractivity contribution in [2.45, 2.75) is 19.3 Å². The van der Waals surface area contributed by atoms with Crippen molar-refractivity contribution in [1.29, 1.82) is 0 Å². The summed E-state index contributed by atoms with van der Waals surface area (Å²) in [7, 11) is 0. The molecule has 0 fully saturated rings. The van der Waals surface area contributed by atoms with Crippen molar-refractivity contribution in [3.8, 4) is 11.4 Å². The van der Waals surface area contributed by atoms with Crippen LogP contribution in [0.2, 0.25) is 0 Å². The molecule has 0 bridgehead atoms. The van der Waals surface area contributed by atoms with Crippen molar-refractivity contribution < 1.29 is 13.7 Å². The first-order chi connectivity index (χ1) is 13.7. The normalized spacial score (nSPS) is 10.9. The Morgan fingerprint density at radius 2 is 2.07 bits per heavy atom. The van der Waals surface area contributed by atoms with E-state index in [4.69, 9.17) is 4.52 Å². The summed E-state index contributed by atoms with van der Waals surface area (Å²) in [5.74, 6) is 0.525. The molecule has 0 saturated carbocycles. The third-order valence-corrected chi connectivity index (χ3v) is 5.50. The summed E-state index contributed by atoms with van der Waals surface area (Å²) in [4.78, 5) is 21.7. The van der Waals surface area contributed by atoms with E-state index in [1.807, 2.05) is 16.8 Å². The number of carbonyl (C=O) groups excluding carboxylic acids is 1. The maximum Gasteiger partial charge on any atom is 0.227 e. The predicted octanol–water partition coefficient (Wildman–Crippen LogP) is 4.56. The van der Waals surface area contributed by atoms with Crippen LogP contribution >= 0.6 is 22.7 Å². The van der Waals surface area contributed by atoms with Gasteiger partial charge in [-0.05, 0) is 29.1 Å². The average molecular weight is 414 g/mol. The number of rotatable bonds is 7. The van der Waals surface area contributed by atoms with E-state index in [2.05, 4.69) is 20.4 Å². The van der Waals surface area contributed by atoms with Crippen molar-refractivity contribution in [1.82, 2.24) is 15.1 Å². The average Bonchev–Trinajstić information content (AvgIpc) is 3.44. The van der Waals surface area contributed by atoms with Crippen LogP contribution in [0.3, 0.4) is 0 Å². The number of benzene rings is 1. The molecule has 0 spiro atoms. The lowest BCUT2D eigenvalue weighted by atomic mass is 10.1. The number of nitrogens with one attached hydrogen (secondary N) is 1. The van der Waals surface area contributed by atoms with Gasteiger partial charge in [0.2, 0.25) is 17.6 Å². The van der Waals surface area contributed by atoms with Gasteiger partial charge in [-0.25, -0.2) is 9.37 Å². The number of halogens is 1. The zero-order valence-corrected chi connectivity index (χ0v) is 16.2. The van der Waals surface area contributed by atoms with Crippen molar-refractivity contribution in [3.05, 3.63) is 69.4 Å². The van der Waals surface area contributed by atoms with Crippen LogP contribution in [0.1, 0.15) is 22.8 Å². The van der Waals surface area contributed by atoms with Gasteiger partial charge in [0.1, 0.15) is 5.82 Å². The fourth-order valence-corrected chi connectivity index (χ4v) is 4.02. The second-order valence-electron chi connectivity index (χ2n) is 6.01. The first kappa shape index (κ1) is 18.5. The van der Waals surface area contributed by atoms with Crippen LogP contribution < -0.4 is 5.32 Å². The van der Waals surface area contributed by atoms with Gasteiger partial charge in [-0.2, -0.15) is 16.3 Å². The van der Waals surface area contributed by atoms with E-state index in [1.54, 1.807) is 29.7 Å². The Hall–Kier alpha value is -2.91. The molecule has 3 heterocycles. The summed E-state index contributed by atoms with van der Waals surface area (Å²) in [6.07, 6.45) is 2.94. The molecular weight excluding hydrogens is 399 g/mol. The molecule has 1 aromatic carbocycles. The molecule has 0 atom stereocenters. The van der Waals surface area contributed by atoms with Crippen LogP contribution in [0, 0.1) is 5.82 Å². The topological polar surface area (TPSA) is 80.9 Å². The van der Waals surface area contributed by atoms with E-state index < -0.39 is 0 Å². The number of aromatic nitrogens is 3. The van der Waals surface area contributed by atoms with E-state index in [-0.39, 0.29) is 18.1 Å². The lowest BCUT2D eigenvalue weighted by Crippen LogP contribution is -2.12. The van der Waals surface area contributed by atoms with Gasteiger partial charge in [0.05, 0.1) is 0 Å². The number of thiophene rings is 1. The third kappa shape index (κ3) is 4.68. The van der Waals surface area contributed by atoms with E-state index >= 15 is 0 Å².